The van der Waals surface area contributed by atoms with E-state index in [1.165, 1.54) is 28.1 Å². The van der Waals surface area contributed by atoms with Crippen molar-refractivity contribution in [1.82, 2.24) is 15.2 Å². The minimum Gasteiger partial charge on any atom is -0.476 e. The quantitative estimate of drug-likeness (QED) is 0.763. The van der Waals surface area contributed by atoms with E-state index in [4.69, 9.17) is 9.52 Å². The molecular formula is C12H11N3O3S3. The van der Waals surface area contributed by atoms with E-state index in [-0.39, 0.29) is 5.69 Å². The lowest BCUT2D eigenvalue weighted by molar-refractivity contribution is 0.0691. The van der Waals surface area contributed by atoms with E-state index in [1.807, 2.05) is 31.4 Å². The Labute approximate surface area is 132 Å². The van der Waals surface area contributed by atoms with Gasteiger partial charge in [0.2, 0.25) is 0 Å². The van der Waals surface area contributed by atoms with Crippen LogP contribution in [0.3, 0.4) is 0 Å². The summed E-state index contributed by atoms with van der Waals surface area (Å²) in [5.41, 5.74) is 0.0190. The van der Waals surface area contributed by atoms with Gasteiger partial charge in [-0.15, -0.1) is 32.9 Å². The molecule has 0 radical (unpaired) electrons. The van der Waals surface area contributed by atoms with Crippen molar-refractivity contribution >= 4 is 40.4 Å². The third-order valence-electron chi connectivity index (χ3n) is 2.02. The van der Waals surface area contributed by atoms with Crippen LogP contribution in [0.4, 0.5) is 0 Å². The van der Waals surface area contributed by atoms with Crippen LogP contribution in [0.5, 0.6) is 0 Å². The number of aromatic nitrogens is 3. The third-order valence-corrected chi connectivity index (χ3v) is 4.65. The molecule has 0 saturated carbocycles. The Balaban J connectivity index is 0.000000774. The van der Waals surface area contributed by atoms with Crippen molar-refractivity contribution in [3.63, 3.8) is 0 Å². The predicted octanol–water partition coefficient (Wildman–Crippen LogP) is 4.13. The number of thiophene rings is 1. The SMILES string of the molecule is CC.O=C(O)c1csc(Sc2nnc(-c3cccs3)o2)n1. The number of rotatable bonds is 4. The zero-order chi connectivity index (χ0) is 15.2. The fourth-order valence-corrected chi connectivity index (χ4v) is 3.44. The van der Waals surface area contributed by atoms with Gasteiger partial charge in [-0.25, -0.2) is 9.78 Å². The maximum atomic E-state index is 10.7. The van der Waals surface area contributed by atoms with Crippen LogP contribution in [0.25, 0.3) is 10.8 Å². The molecule has 3 aromatic rings. The first kappa shape index (κ1) is 15.7. The van der Waals surface area contributed by atoms with Gasteiger partial charge in [0.25, 0.3) is 11.1 Å². The molecule has 3 rings (SSSR count). The highest BCUT2D eigenvalue weighted by Crippen LogP contribution is 2.32. The lowest BCUT2D eigenvalue weighted by Gasteiger charge is -1.88. The highest BCUT2D eigenvalue weighted by Gasteiger charge is 2.14. The van der Waals surface area contributed by atoms with Crippen LogP contribution in [0.2, 0.25) is 0 Å². The van der Waals surface area contributed by atoms with Gasteiger partial charge in [-0.3, -0.25) is 0 Å². The second kappa shape index (κ2) is 7.34. The minimum absolute atomic E-state index is 0.0190. The molecule has 3 heterocycles. The summed E-state index contributed by atoms with van der Waals surface area (Å²) in [4.78, 5) is 15.5. The van der Waals surface area contributed by atoms with Crippen molar-refractivity contribution in [3.8, 4) is 10.8 Å². The standard InChI is InChI=1S/C10H5N3O3S3.C2H6/c14-8(15)5-4-18-10(11-5)19-9-13-12-7(16-9)6-2-1-3-17-6;1-2/h1-4H,(H,14,15);1-2H3. The number of hydrogen-bond acceptors (Lipinski definition) is 8. The summed E-state index contributed by atoms with van der Waals surface area (Å²) < 4.78 is 6.03. The van der Waals surface area contributed by atoms with Crippen molar-refractivity contribution in [1.29, 1.82) is 0 Å². The minimum atomic E-state index is -1.05. The zero-order valence-electron chi connectivity index (χ0n) is 11.1. The van der Waals surface area contributed by atoms with Crippen LogP contribution in [-0.4, -0.2) is 26.3 Å². The van der Waals surface area contributed by atoms with Gasteiger partial charge in [-0.1, -0.05) is 19.9 Å². The van der Waals surface area contributed by atoms with Crippen LogP contribution >= 0.6 is 34.4 Å². The van der Waals surface area contributed by atoms with E-state index in [1.54, 1.807) is 0 Å². The normalized spacial score (nSPS) is 10.0. The van der Waals surface area contributed by atoms with E-state index >= 15 is 0 Å². The van der Waals surface area contributed by atoms with Gasteiger partial charge in [0.05, 0.1) is 4.88 Å². The van der Waals surface area contributed by atoms with Crippen molar-refractivity contribution in [3.05, 3.63) is 28.6 Å². The molecule has 0 atom stereocenters. The van der Waals surface area contributed by atoms with E-state index in [0.717, 1.165) is 16.6 Å². The molecule has 21 heavy (non-hydrogen) atoms. The van der Waals surface area contributed by atoms with Crippen molar-refractivity contribution in [2.75, 3.05) is 0 Å². The Morgan fingerprint density at radius 3 is 2.76 bits per heavy atom. The maximum absolute atomic E-state index is 10.7. The molecule has 0 aromatic carbocycles. The average molecular weight is 341 g/mol. The summed E-state index contributed by atoms with van der Waals surface area (Å²) in [5.74, 6) is -0.597. The molecule has 3 aromatic heterocycles. The molecule has 0 spiro atoms. The lowest BCUT2D eigenvalue weighted by atomic mass is 10.5. The fraction of sp³-hybridized carbons (Fsp3) is 0.167. The summed E-state index contributed by atoms with van der Waals surface area (Å²) in [7, 11) is 0. The Kier molecular flexibility index (Phi) is 5.48. The van der Waals surface area contributed by atoms with Crippen LogP contribution < -0.4 is 0 Å². The van der Waals surface area contributed by atoms with Crippen LogP contribution in [0.15, 0.2) is 36.9 Å². The second-order valence-electron chi connectivity index (χ2n) is 3.26. The number of thiazole rings is 1. The van der Waals surface area contributed by atoms with Crippen LogP contribution in [0.1, 0.15) is 24.3 Å². The number of nitrogens with zero attached hydrogens (tertiary/aromatic N) is 3. The molecule has 0 unspecified atom stereocenters. The number of hydrogen-bond donors (Lipinski definition) is 1. The highest BCUT2D eigenvalue weighted by atomic mass is 32.2. The largest absolute Gasteiger partial charge is 0.476 e. The Bertz CT molecular complexity index is 706. The Hall–Kier alpha value is -1.71. The van der Waals surface area contributed by atoms with Crippen molar-refractivity contribution < 1.29 is 14.3 Å². The number of aromatic carboxylic acids is 1. The summed E-state index contributed by atoms with van der Waals surface area (Å²) in [6.07, 6.45) is 0. The number of carboxylic acids is 1. The highest BCUT2D eigenvalue weighted by molar-refractivity contribution is 8.00. The molecule has 0 amide bonds. The van der Waals surface area contributed by atoms with Crippen molar-refractivity contribution in [2.24, 2.45) is 0 Å². The van der Waals surface area contributed by atoms with Gasteiger partial charge in [0, 0.05) is 17.1 Å². The maximum Gasteiger partial charge on any atom is 0.355 e. The molecule has 110 valence electrons. The molecule has 0 aliphatic rings. The Morgan fingerprint density at radius 1 is 1.33 bits per heavy atom. The average Bonchev–Trinajstić information content (AvgIpc) is 3.22. The summed E-state index contributed by atoms with van der Waals surface area (Å²) >= 11 is 3.89. The smallest absolute Gasteiger partial charge is 0.355 e. The molecular weight excluding hydrogens is 330 g/mol. The number of carboxylic acid groups (broad SMARTS) is 1. The zero-order valence-corrected chi connectivity index (χ0v) is 13.6. The summed E-state index contributed by atoms with van der Waals surface area (Å²) in [6, 6.07) is 3.79. The van der Waals surface area contributed by atoms with E-state index in [9.17, 15) is 4.79 Å². The summed E-state index contributed by atoms with van der Waals surface area (Å²) in [6.45, 7) is 4.00. The molecule has 6 nitrogen and oxygen atoms in total. The topological polar surface area (TPSA) is 89.1 Å². The number of carbonyl (C=O) groups is 1. The van der Waals surface area contributed by atoms with Gasteiger partial charge in [0.15, 0.2) is 10.0 Å². The van der Waals surface area contributed by atoms with Crippen LogP contribution in [0, 0.1) is 0 Å². The van der Waals surface area contributed by atoms with Gasteiger partial charge >= 0.3 is 5.97 Å². The first-order valence-electron chi connectivity index (χ1n) is 5.96. The second-order valence-corrected chi connectivity index (χ2v) is 6.26. The molecule has 0 bridgehead atoms. The monoisotopic (exact) mass is 341 g/mol. The molecule has 0 aliphatic heterocycles. The predicted molar refractivity (Wildman–Crippen MR) is 82.2 cm³/mol. The van der Waals surface area contributed by atoms with E-state index in [2.05, 4.69) is 15.2 Å². The van der Waals surface area contributed by atoms with Crippen LogP contribution in [-0.2, 0) is 0 Å². The fourth-order valence-electron chi connectivity index (χ4n) is 1.23. The van der Waals surface area contributed by atoms with Gasteiger partial charge in [-0.2, -0.15) is 0 Å². The summed E-state index contributed by atoms with van der Waals surface area (Å²) in [5, 5.41) is 20.3. The van der Waals surface area contributed by atoms with E-state index in [0.29, 0.717) is 15.5 Å². The molecule has 9 heteroatoms. The lowest BCUT2D eigenvalue weighted by Crippen LogP contribution is -1.95. The van der Waals surface area contributed by atoms with Gasteiger partial charge in [0.1, 0.15) is 0 Å². The molecule has 0 saturated heterocycles. The van der Waals surface area contributed by atoms with E-state index < -0.39 is 5.97 Å². The molecule has 0 fully saturated rings. The first-order valence-corrected chi connectivity index (χ1v) is 8.54. The molecule has 0 aliphatic carbocycles. The first-order chi connectivity index (χ1) is 10.2. The Morgan fingerprint density at radius 2 is 2.14 bits per heavy atom. The van der Waals surface area contributed by atoms with Gasteiger partial charge < -0.3 is 9.52 Å². The van der Waals surface area contributed by atoms with Crippen molar-refractivity contribution in [2.45, 2.75) is 23.4 Å². The molecule has 1 N–H and O–H groups in total. The third kappa shape index (κ3) is 3.90. The van der Waals surface area contributed by atoms with Gasteiger partial charge in [-0.05, 0) is 11.4 Å².